The zero-order valence-corrected chi connectivity index (χ0v) is 15.6. The lowest BCUT2D eigenvalue weighted by Gasteiger charge is -2.61. The van der Waals surface area contributed by atoms with E-state index < -0.39 is 23.3 Å². The smallest absolute Gasteiger partial charge is 0.241 e. The highest BCUT2D eigenvalue weighted by atomic mass is 16.3. The summed E-state index contributed by atoms with van der Waals surface area (Å²) in [6.45, 7) is 3.70. The Bertz CT molecular complexity index is 700. The minimum atomic E-state index is -1.17. The molecule has 1 saturated heterocycles. The van der Waals surface area contributed by atoms with E-state index in [-0.39, 0.29) is 29.2 Å². The number of likely N-dealkylation sites (tertiary alicyclic amines) is 1. The summed E-state index contributed by atoms with van der Waals surface area (Å²) < 4.78 is 0. The lowest BCUT2D eigenvalue weighted by molar-refractivity contribution is -0.178. The van der Waals surface area contributed by atoms with Crippen LogP contribution in [0.25, 0.3) is 0 Å². The summed E-state index contributed by atoms with van der Waals surface area (Å²) in [4.78, 5) is 15.1. The van der Waals surface area contributed by atoms with E-state index in [1.54, 1.807) is 11.8 Å². The number of fused-ring (bicyclic) bond motifs is 1. The Kier molecular flexibility index (Phi) is 3.14. The summed E-state index contributed by atoms with van der Waals surface area (Å²) in [5.41, 5.74) is 4.41. The van der Waals surface area contributed by atoms with Crippen LogP contribution in [0.3, 0.4) is 0 Å². The van der Waals surface area contributed by atoms with Gasteiger partial charge in [0.05, 0.1) is 17.7 Å². The van der Waals surface area contributed by atoms with Crippen molar-refractivity contribution < 1.29 is 15.0 Å². The van der Waals surface area contributed by atoms with E-state index in [4.69, 9.17) is 5.73 Å². The van der Waals surface area contributed by atoms with E-state index >= 15 is 0 Å². The van der Waals surface area contributed by atoms with Gasteiger partial charge in [-0.2, -0.15) is 5.26 Å². The number of nitrogens with two attached hydrogens (primary N) is 1. The molecule has 142 valence electrons. The topological polar surface area (TPSA) is 111 Å². The van der Waals surface area contributed by atoms with Gasteiger partial charge in [-0.3, -0.25) is 4.79 Å². The van der Waals surface area contributed by atoms with E-state index in [1.165, 1.54) is 0 Å². The third kappa shape index (κ3) is 1.95. The Morgan fingerprint density at radius 1 is 1.27 bits per heavy atom. The van der Waals surface area contributed by atoms with E-state index in [1.807, 2.05) is 6.92 Å². The van der Waals surface area contributed by atoms with E-state index in [0.29, 0.717) is 18.3 Å². The number of amides is 1. The van der Waals surface area contributed by atoms with Crippen molar-refractivity contribution in [3.8, 4) is 6.07 Å². The number of piperidine rings is 1. The number of nitriles is 1. The van der Waals surface area contributed by atoms with Crippen LogP contribution in [0.1, 0.15) is 52.4 Å². The molecule has 6 rings (SSSR count). The molecule has 1 aliphatic heterocycles. The minimum absolute atomic E-state index is 0.0381. The van der Waals surface area contributed by atoms with Gasteiger partial charge in [0.15, 0.2) is 0 Å². The first-order valence-corrected chi connectivity index (χ1v) is 10.0. The van der Waals surface area contributed by atoms with Crippen LogP contribution in [-0.4, -0.2) is 50.3 Å². The van der Waals surface area contributed by atoms with Gasteiger partial charge in [-0.15, -0.1) is 0 Å². The van der Waals surface area contributed by atoms with Gasteiger partial charge in [0.25, 0.3) is 0 Å². The van der Waals surface area contributed by atoms with Crippen molar-refractivity contribution >= 4 is 5.91 Å². The highest BCUT2D eigenvalue weighted by Crippen LogP contribution is 2.64. The van der Waals surface area contributed by atoms with Crippen molar-refractivity contribution in [3.05, 3.63) is 0 Å². The number of hydrogen-bond donors (Lipinski definition) is 3. The minimum Gasteiger partial charge on any atom is -0.390 e. The molecule has 0 radical (unpaired) electrons. The van der Waals surface area contributed by atoms with Crippen molar-refractivity contribution in [2.45, 2.75) is 81.7 Å². The fraction of sp³-hybridized carbons (Fsp3) is 0.900. The standard InChI is InChI=1S/C20H29N3O3/c1-10-14-15(10)23(13(8-21)18(14,2)25)17(24)16(22)19-4-11-3-12(5-19)7-20(26,6-11)9-19/h10-16,25-26H,3-7,9,22H2,1-2H3. The maximum absolute atomic E-state index is 13.5. The molecule has 1 amide bonds. The normalized spacial score (nSPS) is 57.6. The summed E-state index contributed by atoms with van der Waals surface area (Å²) >= 11 is 0. The van der Waals surface area contributed by atoms with E-state index in [0.717, 1.165) is 32.1 Å². The van der Waals surface area contributed by atoms with Gasteiger partial charge in [-0.25, -0.2) is 0 Å². The van der Waals surface area contributed by atoms with Crippen LogP contribution < -0.4 is 5.73 Å². The predicted molar refractivity (Wildman–Crippen MR) is 93.4 cm³/mol. The fourth-order valence-electron chi connectivity index (χ4n) is 7.92. The van der Waals surface area contributed by atoms with Crippen molar-refractivity contribution in [2.75, 3.05) is 0 Å². The quantitative estimate of drug-likeness (QED) is 0.674. The first-order valence-electron chi connectivity index (χ1n) is 10.0. The van der Waals surface area contributed by atoms with Crippen LogP contribution in [0.2, 0.25) is 0 Å². The van der Waals surface area contributed by atoms with Crippen molar-refractivity contribution in [3.63, 3.8) is 0 Å². The van der Waals surface area contributed by atoms with Crippen LogP contribution in [0, 0.1) is 40.4 Å². The number of carbonyl (C=O) groups is 1. The molecule has 6 aliphatic rings. The molecule has 26 heavy (non-hydrogen) atoms. The third-order valence-corrected chi connectivity index (χ3v) is 8.54. The molecule has 6 heteroatoms. The average molecular weight is 359 g/mol. The Balaban J connectivity index is 1.45. The molecular weight excluding hydrogens is 330 g/mol. The number of rotatable bonds is 2. The predicted octanol–water partition coefficient (Wildman–Crippen LogP) is 0.765. The Morgan fingerprint density at radius 2 is 1.88 bits per heavy atom. The maximum Gasteiger partial charge on any atom is 0.241 e. The fourth-order valence-corrected chi connectivity index (χ4v) is 7.92. The van der Waals surface area contributed by atoms with Crippen LogP contribution in [-0.2, 0) is 4.79 Å². The van der Waals surface area contributed by atoms with E-state index in [2.05, 4.69) is 6.07 Å². The number of hydrogen-bond acceptors (Lipinski definition) is 5. The first-order chi connectivity index (χ1) is 12.1. The van der Waals surface area contributed by atoms with Crippen molar-refractivity contribution in [1.82, 2.24) is 4.90 Å². The Morgan fingerprint density at radius 3 is 2.42 bits per heavy atom. The molecule has 8 atom stereocenters. The lowest BCUT2D eigenvalue weighted by atomic mass is 9.46. The highest BCUT2D eigenvalue weighted by Gasteiger charge is 2.72. The van der Waals surface area contributed by atoms with Gasteiger partial charge in [-0.05, 0) is 68.6 Å². The molecule has 8 unspecified atom stereocenters. The van der Waals surface area contributed by atoms with Gasteiger partial charge >= 0.3 is 0 Å². The molecule has 0 spiro atoms. The van der Waals surface area contributed by atoms with Gasteiger partial charge in [0.1, 0.15) is 11.6 Å². The molecule has 6 fully saturated rings. The summed E-state index contributed by atoms with van der Waals surface area (Å²) in [5, 5.41) is 31.4. The Hall–Kier alpha value is -1.16. The SMILES string of the molecule is CC1C2C1C(C)(O)C(C#N)N2C(=O)C(N)C12CC3CC(CC(O)(C3)C1)C2. The number of aliphatic hydroxyl groups is 2. The van der Waals surface area contributed by atoms with Gasteiger partial charge < -0.3 is 20.8 Å². The summed E-state index contributed by atoms with van der Waals surface area (Å²) in [6.07, 6.45) is 5.24. The second-order valence-corrected chi connectivity index (χ2v) is 10.4. The molecule has 5 saturated carbocycles. The molecule has 0 aromatic heterocycles. The van der Waals surface area contributed by atoms with Crippen molar-refractivity contribution in [2.24, 2.45) is 34.8 Å². The Labute approximate surface area is 154 Å². The van der Waals surface area contributed by atoms with Gasteiger partial charge in [0, 0.05) is 12.0 Å². The number of carbonyl (C=O) groups excluding carboxylic acids is 1. The lowest BCUT2D eigenvalue weighted by Crippen LogP contribution is -2.65. The number of nitrogens with zero attached hydrogens (tertiary/aromatic N) is 2. The molecule has 4 N–H and O–H groups in total. The molecule has 4 bridgehead atoms. The van der Waals surface area contributed by atoms with Crippen molar-refractivity contribution in [1.29, 1.82) is 5.26 Å². The molecular formula is C20H29N3O3. The molecule has 0 aromatic rings. The molecule has 6 nitrogen and oxygen atoms in total. The van der Waals surface area contributed by atoms with Gasteiger partial charge in [0.2, 0.25) is 5.91 Å². The molecule has 0 aromatic carbocycles. The monoisotopic (exact) mass is 359 g/mol. The second kappa shape index (κ2) is 4.81. The average Bonchev–Trinajstić information content (AvgIpc) is 3.12. The van der Waals surface area contributed by atoms with Crippen LogP contribution in [0.15, 0.2) is 0 Å². The maximum atomic E-state index is 13.5. The highest BCUT2D eigenvalue weighted by molar-refractivity contribution is 5.85. The molecule has 1 heterocycles. The van der Waals surface area contributed by atoms with Gasteiger partial charge in [-0.1, -0.05) is 6.92 Å². The summed E-state index contributed by atoms with van der Waals surface area (Å²) in [5.74, 6) is 0.886. The summed E-state index contributed by atoms with van der Waals surface area (Å²) in [6, 6.07) is 0.549. The van der Waals surface area contributed by atoms with Crippen LogP contribution in [0.4, 0.5) is 0 Å². The first kappa shape index (κ1) is 17.0. The zero-order chi connectivity index (χ0) is 18.6. The second-order valence-electron chi connectivity index (χ2n) is 10.4. The molecule has 5 aliphatic carbocycles. The van der Waals surface area contributed by atoms with E-state index in [9.17, 15) is 20.3 Å². The van der Waals surface area contributed by atoms with Crippen LogP contribution in [0.5, 0.6) is 0 Å². The summed E-state index contributed by atoms with van der Waals surface area (Å²) in [7, 11) is 0. The zero-order valence-electron chi connectivity index (χ0n) is 15.6. The van der Waals surface area contributed by atoms with Crippen LogP contribution >= 0.6 is 0 Å². The third-order valence-electron chi connectivity index (χ3n) is 8.54. The largest absolute Gasteiger partial charge is 0.390 e.